The highest BCUT2D eigenvalue weighted by Crippen LogP contribution is 1.93. The average molecular weight is 204 g/mol. The Morgan fingerprint density at radius 3 is 2.38 bits per heavy atom. The van der Waals surface area contributed by atoms with Crippen LogP contribution in [0.2, 0.25) is 0 Å². The van der Waals surface area contributed by atoms with Gasteiger partial charge in [-0.05, 0) is 26.3 Å². The normalized spacial score (nSPS) is 13.6. The first-order valence-electron chi connectivity index (χ1n) is 5.19. The van der Waals surface area contributed by atoms with E-state index in [0.717, 1.165) is 19.6 Å². The van der Waals surface area contributed by atoms with Gasteiger partial charge in [-0.25, -0.2) is 0 Å². The summed E-state index contributed by atoms with van der Waals surface area (Å²) in [5, 5.41) is 3.52. The van der Waals surface area contributed by atoms with Gasteiger partial charge in [0.1, 0.15) is 0 Å². The van der Waals surface area contributed by atoms with E-state index >= 15 is 0 Å². The number of rotatable bonds is 8. The van der Waals surface area contributed by atoms with Crippen LogP contribution in [0, 0.1) is 0 Å². The molecule has 0 aliphatic rings. The molecule has 0 amide bonds. The lowest BCUT2D eigenvalue weighted by Gasteiger charge is -2.23. The van der Waals surface area contributed by atoms with Gasteiger partial charge in [0.15, 0.2) is 0 Å². The zero-order chi connectivity index (χ0) is 10.1. The molecule has 0 fully saturated rings. The van der Waals surface area contributed by atoms with Crippen LogP contribution in [-0.2, 0) is 0 Å². The van der Waals surface area contributed by atoms with Crippen molar-refractivity contribution in [3.05, 3.63) is 0 Å². The monoisotopic (exact) mass is 204 g/mol. The van der Waals surface area contributed by atoms with Crippen molar-refractivity contribution in [3.63, 3.8) is 0 Å². The van der Waals surface area contributed by atoms with Crippen molar-refractivity contribution in [1.29, 1.82) is 0 Å². The Morgan fingerprint density at radius 1 is 1.31 bits per heavy atom. The molecule has 0 aromatic rings. The fourth-order valence-corrected chi connectivity index (χ4v) is 1.66. The maximum Gasteiger partial charge on any atom is 0.0167 e. The molecule has 2 nitrogen and oxygen atoms in total. The molecule has 0 heterocycles. The lowest BCUT2D eigenvalue weighted by molar-refractivity contribution is 0.273. The third-order valence-electron chi connectivity index (χ3n) is 2.23. The Hall–Kier alpha value is 0.270. The summed E-state index contributed by atoms with van der Waals surface area (Å²) in [6.07, 6.45) is 2.15. The summed E-state index contributed by atoms with van der Waals surface area (Å²) >= 11 is 1.90. The van der Waals surface area contributed by atoms with E-state index in [9.17, 15) is 0 Å². The lowest BCUT2D eigenvalue weighted by atomic mass is 10.3. The van der Waals surface area contributed by atoms with Crippen molar-refractivity contribution >= 4 is 11.8 Å². The van der Waals surface area contributed by atoms with E-state index in [0.29, 0.717) is 6.04 Å². The van der Waals surface area contributed by atoms with Gasteiger partial charge in [0, 0.05) is 24.9 Å². The molecular formula is C10H24N2S. The molecule has 0 spiro atoms. The van der Waals surface area contributed by atoms with Crippen molar-refractivity contribution in [2.24, 2.45) is 0 Å². The topological polar surface area (TPSA) is 15.3 Å². The number of thioether (sulfide) groups is 1. The van der Waals surface area contributed by atoms with Crippen molar-refractivity contribution in [3.8, 4) is 0 Å². The fraction of sp³-hybridized carbons (Fsp3) is 1.00. The van der Waals surface area contributed by atoms with Crippen LogP contribution in [0.5, 0.6) is 0 Å². The van der Waals surface area contributed by atoms with Gasteiger partial charge in [0.2, 0.25) is 0 Å². The summed E-state index contributed by atoms with van der Waals surface area (Å²) in [7, 11) is 0. The largest absolute Gasteiger partial charge is 0.312 e. The fourth-order valence-electron chi connectivity index (χ4n) is 1.34. The Bertz CT molecular complexity index is 105. The number of nitrogens with one attached hydrogen (secondary N) is 1. The predicted octanol–water partition coefficient (Wildman–Crippen LogP) is 1.67. The van der Waals surface area contributed by atoms with E-state index in [1.807, 2.05) is 11.8 Å². The molecule has 0 aromatic heterocycles. The van der Waals surface area contributed by atoms with Crippen molar-refractivity contribution in [2.45, 2.75) is 26.8 Å². The highest BCUT2D eigenvalue weighted by atomic mass is 32.2. The van der Waals surface area contributed by atoms with Gasteiger partial charge in [0.05, 0.1) is 0 Å². The van der Waals surface area contributed by atoms with Crippen LogP contribution in [0.1, 0.15) is 20.8 Å². The lowest BCUT2D eigenvalue weighted by Crippen LogP contribution is -2.39. The van der Waals surface area contributed by atoms with Crippen LogP contribution < -0.4 is 5.32 Å². The van der Waals surface area contributed by atoms with Gasteiger partial charge in [-0.1, -0.05) is 13.8 Å². The number of likely N-dealkylation sites (N-methyl/N-ethyl adjacent to an activating group) is 1. The molecule has 0 aliphatic heterocycles. The van der Waals surface area contributed by atoms with Crippen molar-refractivity contribution < 1.29 is 0 Å². The number of nitrogens with zero attached hydrogens (tertiary/aromatic N) is 1. The maximum atomic E-state index is 3.52. The van der Waals surface area contributed by atoms with Crippen LogP contribution >= 0.6 is 11.8 Å². The summed E-state index contributed by atoms with van der Waals surface area (Å²) in [4.78, 5) is 2.46. The average Bonchev–Trinajstić information content (AvgIpc) is 2.14. The standard InChI is InChI=1S/C10H24N2S/c1-5-12(6-2)9-10(3)11-7-8-13-4/h10-11H,5-9H2,1-4H3. The molecule has 1 unspecified atom stereocenters. The van der Waals surface area contributed by atoms with E-state index in [2.05, 4.69) is 37.2 Å². The molecule has 0 aliphatic carbocycles. The summed E-state index contributed by atoms with van der Waals surface area (Å²) in [6.45, 7) is 11.3. The quantitative estimate of drug-likeness (QED) is 0.606. The minimum Gasteiger partial charge on any atom is -0.312 e. The summed E-state index contributed by atoms with van der Waals surface area (Å²) in [5.74, 6) is 1.21. The zero-order valence-corrected chi connectivity index (χ0v) is 10.3. The summed E-state index contributed by atoms with van der Waals surface area (Å²) in [5.41, 5.74) is 0. The van der Waals surface area contributed by atoms with E-state index in [4.69, 9.17) is 0 Å². The van der Waals surface area contributed by atoms with Gasteiger partial charge >= 0.3 is 0 Å². The van der Waals surface area contributed by atoms with Crippen LogP contribution in [0.3, 0.4) is 0 Å². The Morgan fingerprint density at radius 2 is 1.92 bits per heavy atom. The molecular weight excluding hydrogens is 180 g/mol. The molecule has 0 radical (unpaired) electrons. The second kappa shape index (κ2) is 8.85. The zero-order valence-electron chi connectivity index (χ0n) is 9.47. The summed E-state index contributed by atoms with van der Waals surface area (Å²) in [6, 6.07) is 0.618. The minimum atomic E-state index is 0.618. The molecule has 0 saturated heterocycles. The third-order valence-corrected chi connectivity index (χ3v) is 2.84. The van der Waals surface area contributed by atoms with E-state index in [1.165, 1.54) is 12.3 Å². The van der Waals surface area contributed by atoms with Gasteiger partial charge in [-0.15, -0.1) is 0 Å². The highest BCUT2D eigenvalue weighted by Gasteiger charge is 2.05. The van der Waals surface area contributed by atoms with E-state index in [1.54, 1.807) is 0 Å². The molecule has 13 heavy (non-hydrogen) atoms. The van der Waals surface area contributed by atoms with Crippen LogP contribution in [0.25, 0.3) is 0 Å². The first-order valence-corrected chi connectivity index (χ1v) is 6.58. The molecule has 1 N–H and O–H groups in total. The highest BCUT2D eigenvalue weighted by molar-refractivity contribution is 7.98. The van der Waals surface area contributed by atoms with Crippen molar-refractivity contribution in [1.82, 2.24) is 10.2 Å². The predicted molar refractivity (Wildman–Crippen MR) is 63.6 cm³/mol. The van der Waals surface area contributed by atoms with Crippen molar-refractivity contribution in [2.75, 3.05) is 38.2 Å². The molecule has 3 heteroatoms. The molecule has 0 saturated carbocycles. The van der Waals surface area contributed by atoms with Gasteiger partial charge in [0.25, 0.3) is 0 Å². The Balaban J connectivity index is 3.42. The molecule has 0 aromatic carbocycles. The molecule has 0 bridgehead atoms. The first kappa shape index (κ1) is 13.3. The van der Waals surface area contributed by atoms with Gasteiger partial charge < -0.3 is 10.2 Å². The molecule has 0 rings (SSSR count). The minimum absolute atomic E-state index is 0.618. The smallest absolute Gasteiger partial charge is 0.0167 e. The van der Waals surface area contributed by atoms with Gasteiger partial charge in [-0.3, -0.25) is 0 Å². The second-order valence-electron chi connectivity index (χ2n) is 3.33. The summed E-state index contributed by atoms with van der Waals surface area (Å²) < 4.78 is 0. The second-order valence-corrected chi connectivity index (χ2v) is 4.32. The third kappa shape index (κ3) is 7.35. The van der Waals surface area contributed by atoms with E-state index < -0.39 is 0 Å². The Labute approximate surface area is 87.5 Å². The number of hydrogen-bond acceptors (Lipinski definition) is 3. The molecule has 80 valence electrons. The van der Waals surface area contributed by atoms with Crippen LogP contribution in [0.4, 0.5) is 0 Å². The first-order chi connectivity index (χ1) is 6.24. The maximum absolute atomic E-state index is 3.52. The van der Waals surface area contributed by atoms with Crippen LogP contribution in [0.15, 0.2) is 0 Å². The van der Waals surface area contributed by atoms with Crippen LogP contribution in [-0.4, -0.2) is 49.1 Å². The SMILES string of the molecule is CCN(CC)CC(C)NCCSC. The molecule has 1 atom stereocenters. The van der Waals surface area contributed by atoms with Gasteiger partial charge in [-0.2, -0.15) is 11.8 Å². The Kier molecular flexibility index (Phi) is 9.03. The number of hydrogen-bond donors (Lipinski definition) is 1. The van der Waals surface area contributed by atoms with E-state index in [-0.39, 0.29) is 0 Å².